The van der Waals surface area contributed by atoms with Crippen LogP contribution in [0.5, 0.6) is 0 Å². The van der Waals surface area contributed by atoms with Crippen molar-refractivity contribution in [2.75, 3.05) is 0 Å². The lowest BCUT2D eigenvalue weighted by molar-refractivity contribution is -0.118. The summed E-state index contributed by atoms with van der Waals surface area (Å²) < 4.78 is 0. The molecule has 2 nitrogen and oxygen atoms in total. The standard InChI is InChI=1S/C13H21NO/c1-5-11(15)14-10-8-9-6-7-13(10,4)12(9,2)3/h5,9-10H,1,6-8H2,2-4H3,(H,14,15)/t9-,10+,13+/m0/s1. The Morgan fingerprint density at radius 3 is 2.53 bits per heavy atom. The first-order valence-electron chi connectivity index (χ1n) is 5.85. The molecule has 2 rings (SSSR count). The second-order valence-corrected chi connectivity index (χ2v) is 5.88. The summed E-state index contributed by atoms with van der Waals surface area (Å²) >= 11 is 0. The molecule has 1 N–H and O–H groups in total. The zero-order valence-electron chi connectivity index (χ0n) is 9.97. The highest BCUT2D eigenvalue weighted by Crippen LogP contribution is 2.65. The molecular formula is C13H21NO. The average Bonchev–Trinajstić information content (AvgIpc) is 2.50. The monoisotopic (exact) mass is 207 g/mol. The van der Waals surface area contributed by atoms with Crippen LogP contribution in [0.2, 0.25) is 0 Å². The summed E-state index contributed by atoms with van der Waals surface area (Å²) in [4.78, 5) is 11.4. The number of rotatable bonds is 2. The van der Waals surface area contributed by atoms with Crippen LogP contribution in [-0.2, 0) is 4.79 Å². The second-order valence-electron chi connectivity index (χ2n) is 5.88. The molecule has 0 unspecified atom stereocenters. The Labute approximate surface area is 92.1 Å². The molecule has 2 heteroatoms. The molecule has 2 bridgehead atoms. The third kappa shape index (κ3) is 1.27. The van der Waals surface area contributed by atoms with Crippen molar-refractivity contribution in [1.82, 2.24) is 5.32 Å². The van der Waals surface area contributed by atoms with Gasteiger partial charge in [-0.05, 0) is 42.1 Å². The minimum absolute atomic E-state index is 0.0235. The molecule has 0 radical (unpaired) electrons. The minimum Gasteiger partial charge on any atom is -0.349 e. The van der Waals surface area contributed by atoms with Crippen LogP contribution in [0.25, 0.3) is 0 Å². The molecule has 2 aliphatic rings. The zero-order chi connectivity index (χ0) is 11.3. The lowest BCUT2D eigenvalue weighted by Crippen LogP contribution is -2.46. The molecule has 0 heterocycles. The van der Waals surface area contributed by atoms with E-state index in [9.17, 15) is 4.79 Å². The van der Waals surface area contributed by atoms with Gasteiger partial charge in [0.15, 0.2) is 0 Å². The van der Waals surface area contributed by atoms with Gasteiger partial charge in [-0.25, -0.2) is 0 Å². The maximum absolute atomic E-state index is 11.4. The zero-order valence-corrected chi connectivity index (χ0v) is 9.97. The van der Waals surface area contributed by atoms with Crippen molar-refractivity contribution < 1.29 is 4.79 Å². The maximum Gasteiger partial charge on any atom is 0.243 e. The quantitative estimate of drug-likeness (QED) is 0.693. The number of amides is 1. The Kier molecular flexibility index (Phi) is 2.21. The largest absolute Gasteiger partial charge is 0.349 e. The van der Waals surface area contributed by atoms with Crippen molar-refractivity contribution in [3.05, 3.63) is 12.7 Å². The summed E-state index contributed by atoms with van der Waals surface area (Å²) in [6.45, 7) is 10.5. The van der Waals surface area contributed by atoms with Gasteiger partial charge in [0.2, 0.25) is 5.91 Å². The topological polar surface area (TPSA) is 29.1 Å². The first-order valence-corrected chi connectivity index (χ1v) is 5.85. The van der Waals surface area contributed by atoms with Gasteiger partial charge in [-0.3, -0.25) is 4.79 Å². The molecule has 1 amide bonds. The van der Waals surface area contributed by atoms with Crippen LogP contribution < -0.4 is 5.32 Å². The van der Waals surface area contributed by atoms with Gasteiger partial charge in [-0.1, -0.05) is 27.4 Å². The van der Waals surface area contributed by atoms with E-state index in [4.69, 9.17) is 0 Å². The van der Waals surface area contributed by atoms with Gasteiger partial charge in [0, 0.05) is 6.04 Å². The van der Waals surface area contributed by atoms with E-state index in [1.807, 2.05) is 0 Å². The van der Waals surface area contributed by atoms with Gasteiger partial charge in [0.05, 0.1) is 0 Å². The highest BCUT2D eigenvalue weighted by molar-refractivity contribution is 5.87. The summed E-state index contributed by atoms with van der Waals surface area (Å²) in [6.07, 6.45) is 5.09. The lowest BCUT2D eigenvalue weighted by atomic mass is 9.69. The van der Waals surface area contributed by atoms with E-state index in [0.717, 1.165) is 12.3 Å². The molecule has 2 fully saturated rings. The van der Waals surface area contributed by atoms with E-state index in [1.54, 1.807) is 0 Å². The molecule has 0 aromatic rings. The summed E-state index contributed by atoms with van der Waals surface area (Å²) in [5, 5.41) is 3.10. The van der Waals surface area contributed by atoms with Crippen molar-refractivity contribution in [3.63, 3.8) is 0 Å². The molecule has 0 saturated heterocycles. The number of hydrogen-bond acceptors (Lipinski definition) is 1. The fraction of sp³-hybridized carbons (Fsp3) is 0.769. The highest BCUT2D eigenvalue weighted by atomic mass is 16.1. The van der Waals surface area contributed by atoms with Crippen LogP contribution in [0.3, 0.4) is 0 Å². The van der Waals surface area contributed by atoms with Gasteiger partial charge >= 0.3 is 0 Å². The molecule has 84 valence electrons. The van der Waals surface area contributed by atoms with E-state index in [1.165, 1.54) is 18.9 Å². The molecule has 2 aliphatic carbocycles. The van der Waals surface area contributed by atoms with Gasteiger partial charge < -0.3 is 5.32 Å². The molecule has 0 aromatic carbocycles. The van der Waals surface area contributed by atoms with E-state index in [2.05, 4.69) is 32.7 Å². The molecule has 0 aromatic heterocycles. The average molecular weight is 207 g/mol. The third-order valence-corrected chi connectivity index (χ3v) is 5.30. The predicted molar refractivity (Wildman–Crippen MR) is 61.4 cm³/mol. The van der Waals surface area contributed by atoms with E-state index in [0.29, 0.717) is 11.5 Å². The predicted octanol–water partition coefficient (Wildman–Crippen LogP) is 2.50. The normalized spacial score (nSPS) is 41.5. The Balaban J connectivity index is 2.19. The van der Waals surface area contributed by atoms with Crippen molar-refractivity contribution in [3.8, 4) is 0 Å². The Morgan fingerprint density at radius 2 is 2.13 bits per heavy atom. The van der Waals surface area contributed by atoms with Crippen LogP contribution >= 0.6 is 0 Å². The Hall–Kier alpha value is -0.790. The molecular weight excluding hydrogens is 186 g/mol. The summed E-state index contributed by atoms with van der Waals surface area (Å²) in [7, 11) is 0. The number of carbonyl (C=O) groups is 1. The van der Waals surface area contributed by atoms with Crippen LogP contribution in [0.1, 0.15) is 40.0 Å². The van der Waals surface area contributed by atoms with Gasteiger partial charge in [0.25, 0.3) is 0 Å². The van der Waals surface area contributed by atoms with Crippen molar-refractivity contribution >= 4 is 5.91 Å². The van der Waals surface area contributed by atoms with Gasteiger partial charge in [-0.2, -0.15) is 0 Å². The fourth-order valence-electron chi connectivity index (χ4n) is 3.65. The summed E-state index contributed by atoms with van der Waals surface area (Å²) in [6, 6.07) is 0.344. The summed E-state index contributed by atoms with van der Waals surface area (Å²) in [5.74, 6) is 0.752. The fourth-order valence-corrected chi connectivity index (χ4v) is 3.65. The van der Waals surface area contributed by atoms with Crippen LogP contribution in [-0.4, -0.2) is 11.9 Å². The smallest absolute Gasteiger partial charge is 0.243 e. The van der Waals surface area contributed by atoms with Gasteiger partial charge in [-0.15, -0.1) is 0 Å². The number of hydrogen-bond donors (Lipinski definition) is 1. The first kappa shape index (κ1) is 10.7. The lowest BCUT2D eigenvalue weighted by Gasteiger charge is -2.39. The van der Waals surface area contributed by atoms with E-state index in [-0.39, 0.29) is 11.3 Å². The maximum atomic E-state index is 11.4. The number of nitrogens with one attached hydrogen (secondary N) is 1. The van der Waals surface area contributed by atoms with E-state index < -0.39 is 0 Å². The second kappa shape index (κ2) is 3.10. The highest BCUT2D eigenvalue weighted by Gasteiger charge is 2.61. The molecule has 2 saturated carbocycles. The molecule has 3 atom stereocenters. The minimum atomic E-state index is -0.0235. The Morgan fingerprint density at radius 1 is 1.47 bits per heavy atom. The van der Waals surface area contributed by atoms with Crippen molar-refractivity contribution in [2.45, 2.75) is 46.1 Å². The Bertz CT molecular complexity index is 308. The van der Waals surface area contributed by atoms with E-state index >= 15 is 0 Å². The summed E-state index contributed by atoms with van der Waals surface area (Å²) in [5.41, 5.74) is 0.641. The van der Waals surface area contributed by atoms with Crippen LogP contribution in [0.15, 0.2) is 12.7 Å². The van der Waals surface area contributed by atoms with Crippen molar-refractivity contribution in [2.24, 2.45) is 16.7 Å². The SMILES string of the molecule is C=CC(=O)N[C@@H]1C[C@@H]2CC[C@@]1(C)C2(C)C. The van der Waals surface area contributed by atoms with Crippen LogP contribution in [0, 0.1) is 16.7 Å². The first-order chi connectivity index (χ1) is 6.91. The van der Waals surface area contributed by atoms with Gasteiger partial charge in [0.1, 0.15) is 0 Å². The number of carbonyl (C=O) groups excluding carboxylic acids is 1. The van der Waals surface area contributed by atoms with Crippen molar-refractivity contribution in [1.29, 1.82) is 0 Å². The third-order valence-electron chi connectivity index (χ3n) is 5.30. The molecule has 15 heavy (non-hydrogen) atoms. The number of fused-ring (bicyclic) bond motifs is 2. The molecule has 0 spiro atoms. The molecule has 0 aliphatic heterocycles. The van der Waals surface area contributed by atoms with Crippen LogP contribution in [0.4, 0.5) is 0 Å².